The van der Waals surface area contributed by atoms with Gasteiger partial charge in [0.2, 0.25) is 0 Å². The number of fused-ring (bicyclic) bond motifs is 1. The lowest BCUT2D eigenvalue weighted by molar-refractivity contribution is 0.467. The van der Waals surface area contributed by atoms with Gasteiger partial charge in [-0.2, -0.15) is 0 Å². The minimum absolute atomic E-state index is 0.698. The van der Waals surface area contributed by atoms with Gasteiger partial charge >= 0.3 is 0 Å². The van der Waals surface area contributed by atoms with E-state index in [-0.39, 0.29) is 0 Å². The zero-order valence-electron chi connectivity index (χ0n) is 13.1. The summed E-state index contributed by atoms with van der Waals surface area (Å²) in [6.45, 7) is 7.22. The first-order valence-electron chi connectivity index (χ1n) is 7.73. The van der Waals surface area contributed by atoms with Crippen molar-refractivity contribution in [3.05, 3.63) is 53.0 Å². The fourth-order valence-electron chi connectivity index (χ4n) is 3.27. The van der Waals surface area contributed by atoms with Gasteiger partial charge in [-0.3, -0.25) is 0 Å². The summed E-state index contributed by atoms with van der Waals surface area (Å²) >= 11 is 0. The minimum Gasteiger partial charge on any atom is -0.465 e. The molecule has 1 aliphatic heterocycles. The van der Waals surface area contributed by atoms with E-state index in [0.29, 0.717) is 5.92 Å². The number of hydrogen-bond donors (Lipinski definition) is 1. The molecule has 1 aliphatic rings. The van der Waals surface area contributed by atoms with Gasteiger partial charge in [0.25, 0.3) is 0 Å². The summed E-state index contributed by atoms with van der Waals surface area (Å²) in [5.74, 6) is 2.75. The normalized spacial score (nSPS) is 17.9. The van der Waals surface area contributed by atoms with Crippen LogP contribution >= 0.6 is 0 Å². The maximum absolute atomic E-state index is 5.82. The summed E-state index contributed by atoms with van der Waals surface area (Å²) in [4.78, 5) is 2.49. The quantitative estimate of drug-likeness (QED) is 0.931. The van der Waals surface area contributed by atoms with E-state index >= 15 is 0 Å². The number of nitrogens with one attached hydrogen (secondary N) is 1. The molecule has 0 saturated heterocycles. The van der Waals surface area contributed by atoms with Crippen LogP contribution in [0.15, 0.2) is 34.7 Å². The van der Waals surface area contributed by atoms with Crippen molar-refractivity contribution in [1.82, 2.24) is 5.32 Å². The lowest BCUT2D eigenvalue weighted by Crippen LogP contribution is -2.33. The number of rotatable bonds is 4. The molecule has 3 nitrogen and oxygen atoms in total. The standard InChI is InChI=1S/C18H24N2O/c1-13-8-15-6-4-5-7-18(15)20(11-13)12-16-9-17(10-19-3)21-14(16)2/h4-7,9,13,19H,8,10-12H2,1-3H3. The fourth-order valence-corrected chi connectivity index (χ4v) is 3.27. The topological polar surface area (TPSA) is 28.4 Å². The number of anilines is 1. The molecule has 1 unspecified atom stereocenters. The van der Waals surface area contributed by atoms with Crippen LogP contribution in [0.25, 0.3) is 0 Å². The van der Waals surface area contributed by atoms with Gasteiger partial charge in [-0.1, -0.05) is 25.1 Å². The second-order valence-electron chi connectivity index (χ2n) is 6.14. The summed E-state index contributed by atoms with van der Waals surface area (Å²) in [7, 11) is 1.94. The highest BCUT2D eigenvalue weighted by Crippen LogP contribution is 2.31. The second kappa shape index (κ2) is 5.94. The number of para-hydroxylation sites is 1. The van der Waals surface area contributed by atoms with Crippen LogP contribution in [0.1, 0.15) is 29.6 Å². The van der Waals surface area contributed by atoms with E-state index in [1.54, 1.807) is 0 Å². The van der Waals surface area contributed by atoms with E-state index in [0.717, 1.165) is 31.2 Å². The predicted molar refractivity (Wildman–Crippen MR) is 86.6 cm³/mol. The van der Waals surface area contributed by atoms with Gasteiger partial charge in [0.15, 0.2) is 0 Å². The molecule has 2 heterocycles. The Kier molecular flexibility index (Phi) is 4.02. The fraction of sp³-hybridized carbons (Fsp3) is 0.444. The molecule has 1 aromatic heterocycles. The Labute approximate surface area is 127 Å². The SMILES string of the molecule is CNCc1cc(CN2CC(C)Cc3ccccc32)c(C)o1. The summed E-state index contributed by atoms with van der Waals surface area (Å²) < 4.78 is 5.82. The molecule has 3 heteroatoms. The molecule has 3 rings (SSSR count). The Morgan fingerprint density at radius 2 is 2.14 bits per heavy atom. The van der Waals surface area contributed by atoms with Gasteiger partial charge in [-0.25, -0.2) is 0 Å². The van der Waals surface area contributed by atoms with Gasteiger partial charge in [-0.15, -0.1) is 0 Å². The van der Waals surface area contributed by atoms with Crippen LogP contribution in [0.3, 0.4) is 0 Å². The lowest BCUT2D eigenvalue weighted by atomic mass is 9.93. The van der Waals surface area contributed by atoms with Crippen LogP contribution in [0.4, 0.5) is 5.69 Å². The van der Waals surface area contributed by atoms with Crippen molar-refractivity contribution in [3.63, 3.8) is 0 Å². The van der Waals surface area contributed by atoms with Crippen LogP contribution in [0.2, 0.25) is 0 Å². The van der Waals surface area contributed by atoms with Crippen molar-refractivity contribution >= 4 is 5.69 Å². The van der Waals surface area contributed by atoms with E-state index in [1.165, 1.54) is 23.2 Å². The van der Waals surface area contributed by atoms with E-state index < -0.39 is 0 Å². The molecule has 112 valence electrons. The average molecular weight is 284 g/mol. The number of benzene rings is 1. The summed E-state index contributed by atoms with van der Waals surface area (Å²) in [6, 6.07) is 11.0. The molecule has 1 aromatic carbocycles. The van der Waals surface area contributed by atoms with Crippen molar-refractivity contribution in [2.45, 2.75) is 33.4 Å². The highest BCUT2D eigenvalue weighted by atomic mass is 16.3. The first-order valence-corrected chi connectivity index (χ1v) is 7.73. The molecule has 0 aliphatic carbocycles. The molecule has 1 N–H and O–H groups in total. The summed E-state index contributed by atoms with van der Waals surface area (Å²) in [5, 5.41) is 3.14. The lowest BCUT2D eigenvalue weighted by Gasteiger charge is -2.34. The Bertz CT molecular complexity index is 617. The molecule has 2 aromatic rings. The third-order valence-electron chi connectivity index (χ3n) is 4.22. The number of aryl methyl sites for hydroxylation is 1. The van der Waals surface area contributed by atoms with Crippen molar-refractivity contribution in [3.8, 4) is 0 Å². The zero-order valence-corrected chi connectivity index (χ0v) is 13.1. The Morgan fingerprint density at radius 1 is 1.33 bits per heavy atom. The van der Waals surface area contributed by atoms with Crippen molar-refractivity contribution < 1.29 is 4.42 Å². The van der Waals surface area contributed by atoms with Gasteiger partial charge in [-0.05, 0) is 44.0 Å². The van der Waals surface area contributed by atoms with Crippen molar-refractivity contribution in [2.75, 3.05) is 18.5 Å². The van der Waals surface area contributed by atoms with E-state index in [9.17, 15) is 0 Å². The molecule has 0 radical (unpaired) electrons. The van der Waals surface area contributed by atoms with E-state index in [1.807, 2.05) is 7.05 Å². The monoisotopic (exact) mass is 284 g/mol. The van der Waals surface area contributed by atoms with Gasteiger partial charge in [0.1, 0.15) is 11.5 Å². The summed E-state index contributed by atoms with van der Waals surface area (Å²) in [5.41, 5.74) is 4.14. The van der Waals surface area contributed by atoms with E-state index in [4.69, 9.17) is 4.42 Å². The molecular formula is C18H24N2O. The molecule has 0 saturated carbocycles. The largest absolute Gasteiger partial charge is 0.465 e. The molecule has 0 bridgehead atoms. The highest BCUT2D eigenvalue weighted by molar-refractivity contribution is 5.56. The molecule has 0 spiro atoms. The smallest absolute Gasteiger partial charge is 0.118 e. The Hall–Kier alpha value is -1.74. The molecule has 1 atom stereocenters. The van der Waals surface area contributed by atoms with Crippen LogP contribution in [-0.4, -0.2) is 13.6 Å². The Balaban J connectivity index is 1.85. The minimum atomic E-state index is 0.698. The van der Waals surface area contributed by atoms with Crippen LogP contribution in [0.5, 0.6) is 0 Å². The maximum Gasteiger partial charge on any atom is 0.118 e. The van der Waals surface area contributed by atoms with Gasteiger partial charge in [0, 0.05) is 24.3 Å². The number of nitrogens with zero attached hydrogens (tertiary/aromatic N) is 1. The van der Waals surface area contributed by atoms with Crippen molar-refractivity contribution in [2.24, 2.45) is 5.92 Å². The first-order chi connectivity index (χ1) is 10.2. The highest BCUT2D eigenvalue weighted by Gasteiger charge is 2.22. The van der Waals surface area contributed by atoms with Crippen LogP contribution in [0, 0.1) is 12.8 Å². The molecule has 21 heavy (non-hydrogen) atoms. The first kappa shape index (κ1) is 14.2. The zero-order chi connectivity index (χ0) is 14.8. The predicted octanol–water partition coefficient (Wildman–Crippen LogP) is 3.51. The Morgan fingerprint density at radius 3 is 2.95 bits per heavy atom. The molecule has 0 amide bonds. The molecule has 0 fully saturated rings. The average Bonchev–Trinajstić information content (AvgIpc) is 2.79. The van der Waals surface area contributed by atoms with Crippen molar-refractivity contribution in [1.29, 1.82) is 0 Å². The maximum atomic E-state index is 5.82. The third kappa shape index (κ3) is 2.98. The number of furan rings is 1. The summed E-state index contributed by atoms with van der Waals surface area (Å²) in [6.07, 6.45) is 1.18. The van der Waals surface area contributed by atoms with Gasteiger partial charge in [0.05, 0.1) is 6.54 Å². The van der Waals surface area contributed by atoms with Crippen LogP contribution < -0.4 is 10.2 Å². The molecular weight excluding hydrogens is 260 g/mol. The number of hydrogen-bond acceptors (Lipinski definition) is 3. The van der Waals surface area contributed by atoms with Gasteiger partial charge < -0.3 is 14.6 Å². The second-order valence-corrected chi connectivity index (χ2v) is 6.14. The van der Waals surface area contributed by atoms with E-state index in [2.05, 4.69) is 54.4 Å². The third-order valence-corrected chi connectivity index (χ3v) is 4.22. The van der Waals surface area contributed by atoms with Crippen LogP contribution in [-0.2, 0) is 19.5 Å².